The zero-order valence-corrected chi connectivity index (χ0v) is 17.1. The van der Waals surface area contributed by atoms with Crippen LogP contribution in [0.3, 0.4) is 0 Å². The Hall–Kier alpha value is -3.01. The summed E-state index contributed by atoms with van der Waals surface area (Å²) < 4.78 is 70.9. The molecule has 3 aromatic rings. The fourth-order valence-electron chi connectivity index (χ4n) is 4.42. The predicted octanol–water partition coefficient (Wildman–Crippen LogP) is 5.27. The molecule has 0 saturated carbocycles. The van der Waals surface area contributed by atoms with Gasteiger partial charge in [-0.1, -0.05) is 13.0 Å². The summed E-state index contributed by atoms with van der Waals surface area (Å²) in [5.41, 5.74) is -3.20. The number of fused-ring (bicyclic) bond motifs is 2. The number of phenols is 1. The molecule has 0 fully saturated rings. The number of aliphatic hydroxyl groups is 1. The minimum atomic E-state index is -5.10. The molecule has 32 heavy (non-hydrogen) atoms. The summed E-state index contributed by atoms with van der Waals surface area (Å²) in [6.45, 7) is 3.20. The molecule has 0 spiro atoms. The molecule has 0 bridgehead atoms. The molecule has 0 unspecified atom stereocenters. The molecule has 1 heterocycles. The molecular formula is C22H20F5N3O2. The van der Waals surface area contributed by atoms with Crippen molar-refractivity contribution in [2.24, 2.45) is 0 Å². The van der Waals surface area contributed by atoms with E-state index in [0.717, 1.165) is 0 Å². The molecular weight excluding hydrogens is 433 g/mol. The van der Waals surface area contributed by atoms with Gasteiger partial charge < -0.3 is 15.5 Å². The fourth-order valence-corrected chi connectivity index (χ4v) is 4.42. The molecule has 0 amide bonds. The lowest BCUT2D eigenvalue weighted by Gasteiger charge is -2.45. The highest BCUT2D eigenvalue weighted by atomic mass is 19.4. The van der Waals surface area contributed by atoms with Crippen molar-refractivity contribution in [3.05, 3.63) is 59.0 Å². The van der Waals surface area contributed by atoms with Crippen LogP contribution in [0.5, 0.6) is 5.75 Å². The Kier molecular flexibility index (Phi) is 5.23. The van der Waals surface area contributed by atoms with Crippen molar-refractivity contribution in [3.63, 3.8) is 0 Å². The Morgan fingerprint density at radius 3 is 2.62 bits per heavy atom. The first-order valence-corrected chi connectivity index (χ1v) is 9.96. The third-order valence-corrected chi connectivity index (χ3v) is 6.05. The monoisotopic (exact) mass is 453 g/mol. The van der Waals surface area contributed by atoms with Crippen LogP contribution in [0.25, 0.3) is 10.9 Å². The molecule has 2 aromatic carbocycles. The maximum absolute atomic E-state index is 14.2. The van der Waals surface area contributed by atoms with E-state index in [-0.39, 0.29) is 23.2 Å². The minimum absolute atomic E-state index is 0.0676. The van der Waals surface area contributed by atoms with E-state index in [9.17, 15) is 32.2 Å². The topological polar surface area (TPSA) is 78.3 Å². The maximum atomic E-state index is 14.2. The van der Waals surface area contributed by atoms with E-state index in [1.165, 1.54) is 12.3 Å². The van der Waals surface area contributed by atoms with Gasteiger partial charge in [-0.15, -0.1) is 0 Å². The average molecular weight is 453 g/mol. The standard InChI is InChI=1S/C22H20F5N3O2/c1-3-11-8-21(32,22(25,26)27)20(12-7-14(23)18(24)19(31)17(11)12)30-16-6-4-5-15-13(16)9-28-10(2)29-15/h4-7,9,11,20,30-32H,3,8H2,1-2H3/t11-,20+,21-/m1/s1. The van der Waals surface area contributed by atoms with Crippen molar-refractivity contribution in [3.8, 4) is 5.75 Å². The molecule has 3 atom stereocenters. The number of alkyl halides is 3. The summed E-state index contributed by atoms with van der Waals surface area (Å²) in [6.07, 6.45) is -4.45. The van der Waals surface area contributed by atoms with Gasteiger partial charge >= 0.3 is 6.18 Å². The van der Waals surface area contributed by atoms with Gasteiger partial charge in [-0.3, -0.25) is 0 Å². The fraction of sp³-hybridized carbons (Fsp3) is 0.364. The lowest BCUT2D eigenvalue weighted by Crippen LogP contribution is -2.55. The summed E-state index contributed by atoms with van der Waals surface area (Å²) in [5.74, 6) is -4.67. The smallest absolute Gasteiger partial charge is 0.419 e. The van der Waals surface area contributed by atoms with Crippen molar-refractivity contribution < 1.29 is 32.2 Å². The molecule has 0 saturated heterocycles. The number of hydrogen-bond donors (Lipinski definition) is 3. The second kappa shape index (κ2) is 7.54. The van der Waals surface area contributed by atoms with Crippen molar-refractivity contribution in [1.82, 2.24) is 9.97 Å². The first kappa shape index (κ1) is 22.2. The second-order valence-corrected chi connectivity index (χ2v) is 7.99. The van der Waals surface area contributed by atoms with E-state index in [1.54, 1.807) is 26.0 Å². The Bertz CT molecular complexity index is 1200. The van der Waals surface area contributed by atoms with E-state index in [0.29, 0.717) is 22.8 Å². The van der Waals surface area contributed by atoms with Crippen molar-refractivity contribution in [1.29, 1.82) is 0 Å². The second-order valence-electron chi connectivity index (χ2n) is 7.99. The number of nitrogens with one attached hydrogen (secondary N) is 1. The predicted molar refractivity (Wildman–Crippen MR) is 107 cm³/mol. The van der Waals surface area contributed by atoms with Gasteiger partial charge in [-0.25, -0.2) is 14.4 Å². The van der Waals surface area contributed by atoms with E-state index in [4.69, 9.17) is 0 Å². The van der Waals surface area contributed by atoms with Crippen LogP contribution in [-0.2, 0) is 0 Å². The molecule has 3 N–H and O–H groups in total. The van der Waals surface area contributed by atoms with Crippen LogP contribution in [-0.4, -0.2) is 32.0 Å². The first-order valence-electron chi connectivity index (χ1n) is 9.96. The SMILES string of the molecule is CC[C@@H]1C[C@](O)(C(F)(F)F)[C@@H](Nc2cccc3nc(C)ncc23)c2cc(F)c(F)c(O)c21. The van der Waals surface area contributed by atoms with E-state index < -0.39 is 47.5 Å². The Morgan fingerprint density at radius 1 is 1.25 bits per heavy atom. The molecule has 10 heteroatoms. The number of nitrogens with zero attached hydrogens (tertiary/aromatic N) is 2. The van der Waals surface area contributed by atoms with Crippen LogP contribution in [0.2, 0.25) is 0 Å². The third-order valence-electron chi connectivity index (χ3n) is 6.05. The number of hydrogen-bond acceptors (Lipinski definition) is 5. The van der Waals surface area contributed by atoms with Crippen LogP contribution < -0.4 is 5.32 Å². The quantitative estimate of drug-likeness (QED) is 0.471. The van der Waals surface area contributed by atoms with Gasteiger partial charge in [-0.05, 0) is 49.4 Å². The summed E-state index contributed by atoms with van der Waals surface area (Å²) >= 11 is 0. The summed E-state index contributed by atoms with van der Waals surface area (Å²) in [7, 11) is 0. The van der Waals surface area contributed by atoms with Crippen LogP contribution in [0, 0.1) is 18.6 Å². The van der Waals surface area contributed by atoms with Gasteiger partial charge in [0.15, 0.2) is 17.2 Å². The highest BCUT2D eigenvalue weighted by Crippen LogP contribution is 2.55. The van der Waals surface area contributed by atoms with Crippen LogP contribution in [0.1, 0.15) is 48.7 Å². The van der Waals surface area contributed by atoms with Gasteiger partial charge in [0.25, 0.3) is 0 Å². The molecule has 0 radical (unpaired) electrons. The van der Waals surface area contributed by atoms with Gasteiger partial charge in [-0.2, -0.15) is 17.6 Å². The number of aryl methyl sites for hydroxylation is 1. The molecule has 1 aliphatic carbocycles. The Morgan fingerprint density at radius 2 is 1.97 bits per heavy atom. The van der Waals surface area contributed by atoms with E-state index >= 15 is 0 Å². The van der Waals surface area contributed by atoms with E-state index in [2.05, 4.69) is 15.3 Å². The normalized spacial score (nSPS) is 23.2. The van der Waals surface area contributed by atoms with Crippen LogP contribution >= 0.6 is 0 Å². The zero-order chi connectivity index (χ0) is 23.4. The van der Waals surface area contributed by atoms with Crippen LogP contribution in [0.15, 0.2) is 30.5 Å². The van der Waals surface area contributed by atoms with Crippen LogP contribution in [0.4, 0.5) is 27.6 Å². The summed E-state index contributed by atoms with van der Waals surface area (Å²) in [4.78, 5) is 8.31. The van der Waals surface area contributed by atoms with E-state index in [1.807, 2.05) is 0 Å². The molecule has 1 aliphatic rings. The number of benzene rings is 2. The highest BCUT2D eigenvalue weighted by molar-refractivity contribution is 5.91. The van der Waals surface area contributed by atoms with Gasteiger partial charge in [0.1, 0.15) is 5.82 Å². The Labute approximate surface area is 179 Å². The highest BCUT2D eigenvalue weighted by Gasteiger charge is 2.62. The minimum Gasteiger partial charge on any atom is -0.505 e. The average Bonchev–Trinajstić information content (AvgIpc) is 2.72. The molecule has 1 aromatic heterocycles. The number of anilines is 1. The number of halogens is 5. The van der Waals surface area contributed by atoms with Gasteiger partial charge in [0.05, 0.1) is 11.6 Å². The summed E-state index contributed by atoms with van der Waals surface area (Å²) in [6, 6.07) is 3.36. The van der Waals surface area contributed by atoms with Crippen molar-refractivity contribution >= 4 is 16.6 Å². The molecule has 4 rings (SSSR count). The Balaban J connectivity index is 1.96. The summed E-state index contributed by atoms with van der Waals surface area (Å²) in [5, 5.41) is 24.2. The lowest BCUT2D eigenvalue weighted by molar-refractivity contribution is -0.272. The van der Waals surface area contributed by atoms with Crippen molar-refractivity contribution in [2.75, 3.05) is 5.32 Å². The molecule has 170 valence electrons. The first-order chi connectivity index (χ1) is 15.0. The number of phenolic OH excluding ortho intramolecular Hbond substituents is 1. The molecule has 5 nitrogen and oxygen atoms in total. The van der Waals surface area contributed by atoms with Gasteiger partial charge in [0, 0.05) is 22.8 Å². The maximum Gasteiger partial charge on any atom is 0.419 e. The largest absolute Gasteiger partial charge is 0.505 e. The zero-order valence-electron chi connectivity index (χ0n) is 17.1. The number of aromatic hydroxyl groups is 1. The lowest BCUT2D eigenvalue weighted by atomic mass is 9.69. The van der Waals surface area contributed by atoms with Crippen molar-refractivity contribution in [2.45, 2.75) is 50.4 Å². The molecule has 0 aliphatic heterocycles. The third kappa shape index (κ3) is 3.33. The number of aromatic nitrogens is 2. The number of rotatable bonds is 3. The van der Waals surface area contributed by atoms with Gasteiger partial charge in [0.2, 0.25) is 5.82 Å².